The predicted octanol–water partition coefficient (Wildman–Crippen LogP) is -0.342. The smallest absolute Gasteiger partial charge is 0.327 e. The molecule has 0 saturated heterocycles. The second-order valence-electron chi connectivity index (χ2n) is 3.60. The Hall–Kier alpha value is -1.93. The Balaban J connectivity index is 2.32. The van der Waals surface area contributed by atoms with Gasteiger partial charge in [-0.05, 0) is 0 Å². The summed E-state index contributed by atoms with van der Waals surface area (Å²) in [4.78, 5) is 22.5. The average Bonchev–Trinajstić information content (AvgIpc) is 2.81. The van der Waals surface area contributed by atoms with Crippen molar-refractivity contribution in [3.8, 4) is 0 Å². The van der Waals surface area contributed by atoms with E-state index >= 15 is 0 Å². The first-order valence-electron chi connectivity index (χ1n) is 5.61. The van der Waals surface area contributed by atoms with E-state index in [9.17, 15) is 9.59 Å². The number of anilines is 1. The lowest BCUT2D eigenvalue weighted by molar-refractivity contribution is -0.141. The summed E-state index contributed by atoms with van der Waals surface area (Å²) in [6.45, 7) is 0.720. The maximum Gasteiger partial charge on any atom is 0.327 e. The van der Waals surface area contributed by atoms with Crippen molar-refractivity contribution in [2.75, 3.05) is 39.4 Å². The molecule has 0 saturated carbocycles. The van der Waals surface area contributed by atoms with Crippen LogP contribution in [-0.2, 0) is 30.3 Å². The van der Waals surface area contributed by atoms with Crippen molar-refractivity contribution in [2.24, 2.45) is 0 Å². The molecule has 106 valence electrons. The van der Waals surface area contributed by atoms with Gasteiger partial charge in [-0.25, -0.2) is 0 Å². The van der Waals surface area contributed by atoms with Crippen molar-refractivity contribution >= 4 is 17.6 Å². The largest absolute Gasteiger partial charge is 0.468 e. The molecule has 8 heteroatoms. The number of ether oxygens (including phenoxy) is 3. The van der Waals surface area contributed by atoms with Crippen LogP contribution in [0.4, 0.5) is 5.69 Å². The lowest BCUT2D eigenvalue weighted by Gasteiger charge is -2.03. The van der Waals surface area contributed by atoms with Crippen LogP contribution in [0.25, 0.3) is 0 Å². The number of rotatable bonds is 8. The van der Waals surface area contributed by atoms with Gasteiger partial charge in [-0.2, -0.15) is 5.10 Å². The number of nitrogens with zero attached hydrogens (tertiary/aromatic N) is 2. The number of hydrogen-bond donors (Lipinski definition) is 1. The van der Waals surface area contributed by atoms with Gasteiger partial charge in [-0.3, -0.25) is 14.3 Å². The van der Waals surface area contributed by atoms with E-state index in [2.05, 4.69) is 15.2 Å². The highest BCUT2D eigenvalue weighted by molar-refractivity contribution is 5.91. The lowest BCUT2D eigenvalue weighted by Crippen LogP contribution is -2.19. The van der Waals surface area contributed by atoms with Crippen LogP contribution in [-0.4, -0.2) is 55.7 Å². The fourth-order valence-electron chi connectivity index (χ4n) is 1.22. The summed E-state index contributed by atoms with van der Waals surface area (Å²) >= 11 is 0. The maximum atomic E-state index is 11.5. The van der Waals surface area contributed by atoms with Gasteiger partial charge >= 0.3 is 5.97 Å². The highest BCUT2D eigenvalue weighted by Gasteiger charge is 2.07. The number of nitrogens with one attached hydrogen (secondary N) is 1. The molecule has 19 heavy (non-hydrogen) atoms. The molecule has 1 amide bonds. The zero-order chi connectivity index (χ0) is 14.1. The van der Waals surface area contributed by atoms with Gasteiger partial charge in [0.15, 0.2) is 0 Å². The first-order valence-corrected chi connectivity index (χ1v) is 5.61. The van der Waals surface area contributed by atoms with Crippen LogP contribution in [0.2, 0.25) is 0 Å². The molecule has 0 aliphatic heterocycles. The Morgan fingerprint density at radius 2 is 2.16 bits per heavy atom. The Morgan fingerprint density at radius 1 is 1.37 bits per heavy atom. The normalized spacial score (nSPS) is 10.2. The summed E-state index contributed by atoms with van der Waals surface area (Å²) in [5.74, 6) is -0.711. The molecule has 0 aromatic carbocycles. The van der Waals surface area contributed by atoms with E-state index in [-0.39, 0.29) is 19.1 Å². The number of carbonyl (C=O) groups excluding carboxylic acids is 2. The molecular formula is C11H17N3O5. The van der Waals surface area contributed by atoms with Gasteiger partial charge in [0, 0.05) is 13.3 Å². The lowest BCUT2D eigenvalue weighted by atomic mass is 10.5. The highest BCUT2D eigenvalue weighted by atomic mass is 16.5. The summed E-state index contributed by atoms with van der Waals surface area (Å²) in [5, 5.41) is 6.50. The standard InChI is InChI=1S/C11H17N3O5/c1-17-3-4-19-8-10(15)13-9-5-12-14(6-9)7-11(16)18-2/h5-6H,3-4,7-8H2,1-2H3,(H,13,15). The van der Waals surface area contributed by atoms with Crippen LogP contribution < -0.4 is 5.32 Å². The van der Waals surface area contributed by atoms with E-state index in [0.717, 1.165) is 0 Å². The number of amides is 1. The molecule has 1 heterocycles. The van der Waals surface area contributed by atoms with E-state index in [1.165, 1.54) is 24.2 Å². The molecule has 0 aliphatic rings. The predicted molar refractivity (Wildman–Crippen MR) is 65.6 cm³/mol. The Bertz CT molecular complexity index is 418. The van der Waals surface area contributed by atoms with Gasteiger partial charge in [0.1, 0.15) is 13.2 Å². The first-order chi connectivity index (χ1) is 9.15. The van der Waals surface area contributed by atoms with E-state index in [1.807, 2.05) is 0 Å². The summed E-state index contributed by atoms with van der Waals surface area (Å²) in [7, 11) is 2.85. The fraction of sp³-hybridized carbons (Fsp3) is 0.545. The minimum absolute atomic E-state index is 0.00326. The molecular weight excluding hydrogens is 254 g/mol. The zero-order valence-electron chi connectivity index (χ0n) is 10.9. The Labute approximate surface area is 110 Å². The molecule has 8 nitrogen and oxygen atoms in total. The molecule has 1 rings (SSSR count). The Kier molecular flexibility index (Phi) is 6.55. The third-order valence-electron chi connectivity index (χ3n) is 2.10. The van der Waals surface area contributed by atoms with Gasteiger partial charge < -0.3 is 19.5 Å². The van der Waals surface area contributed by atoms with Gasteiger partial charge in [0.2, 0.25) is 5.91 Å². The third-order valence-corrected chi connectivity index (χ3v) is 2.10. The fourth-order valence-corrected chi connectivity index (χ4v) is 1.22. The number of carbonyl (C=O) groups is 2. The molecule has 1 N–H and O–H groups in total. The van der Waals surface area contributed by atoms with Crippen LogP contribution in [0, 0.1) is 0 Å². The monoisotopic (exact) mass is 271 g/mol. The molecule has 0 fully saturated rings. The van der Waals surface area contributed by atoms with Crippen LogP contribution >= 0.6 is 0 Å². The maximum absolute atomic E-state index is 11.5. The van der Waals surface area contributed by atoms with Gasteiger partial charge in [-0.1, -0.05) is 0 Å². The van der Waals surface area contributed by atoms with Crippen molar-refractivity contribution in [3.05, 3.63) is 12.4 Å². The van der Waals surface area contributed by atoms with E-state index in [1.54, 1.807) is 7.11 Å². The second-order valence-corrected chi connectivity index (χ2v) is 3.60. The van der Waals surface area contributed by atoms with Crippen molar-refractivity contribution in [3.63, 3.8) is 0 Å². The average molecular weight is 271 g/mol. The van der Waals surface area contributed by atoms with Crippen LogP contribution in [0.15, 0.2) is 12.4 Å². The van der Waals surface area contributed by atoms with Crippen molar-refractivity contribution in [1.29, 1.82) is 0 Å². The zero-order valence-corrected chi connectivity index (χ0v) is 10.9. The molecule has 0 spiro atoms. The summed E-state index contributed by atoms with van der Waals surface area (Å²) < 4.78 is 15.7. The number of methoxy groups -OCH3 is 2. The minimum atomic E-state index is -0.413. The topological polar surface area (TPSA) is 91.7 Å². The molecule has 0 radical (unpaired) electrons. The second kappa shape index (κ2) is 8.22. The van der Waals surface area contributed by atoms with E-state index < -0.39 is 5.97 Å². The van der Waals surface area contributed by atoms with Crippen molar-refractivity contribution < 1.29 is 23.8 Å². The molecule has 0 unspecified atom stereocenters. The molecule has 0 atom stereocenters. The molecule has 1 aromatic rings. The van der Waals surface area contributed by atoms with Crippen molar-refractivity contribution in [2.45, 2.75) is 6.54 Å². The number of hydrogen-bond acceptors (Lipinski definition) is 6. The Morgan fingerprint density at radius 3 is 2.84 bits per heavy atom. The minimum Gasteiger partial charge on any atom is -0.468 e. The molecule has 0 bridgehead atoms. The van der Waals surface area contributed by atoms with Crippen LogP contribution in [0.5, 0.6) is 0 Å². The number of esters is 1. The van der Waals surface area contributed by atoms with Crippen LogP contribution in [0.3, 0.4) is 0 Å². The molecule has 1 aromatic heterocycles. The summed E-state index contributed by atoms with van der Waals surface area (Å²) in [5.41, 5.74) is 0.490. The molecule has 0 aliphatic carbocycles. The third kappa shape index (κ3) is 5.98. The quantitative estimate of drug-likeness (QED) is 0.513. The van der Waals surface area contributed by atoms with Crippen molar-refractivity contribution in [1.82, 2.24) is 9.78 Å². The van der Waals surface area contributed by atoms with E-state index in [0.29, 0.717) is 18.9 Å². The summed E-state index contributed by atoms with van der Waals surface area (Å²) in [6.07, 6.45) is 2.97. The highest BCUT2D eigenvalue weighted by Crippen LogP contribution is 2.04. The summed E-state index contributed by atoms with van der Waals surface area (Å²) in [6, 6.07) is 0. The first kappa shape index (κ1) is 15.1. The van der Waals surface area contributed by atoms with Gasteiger partial charge in [-0.15, -0.1) is 0 Å². The van der Waals surface area contributed by atoms with Gasteiger partial charge in [0.25, 0.3) is 0 Å². The number of aromatic nitrogens is 2. The van der Waals surface area contributed by atoms with Crippen LogP contribution in [0.1, 0.15) is 0 Å². The SMILES string of the molecule is COCCOCC(=O)Nc1cnn(CC(=O)OC)c1. The van der Waals surface area contributed by atoms with E-state index in [4.69, 9.17) is 9.47 Å². The van der Waals surface area contributed by atoms with Gasteiger partial charge in [0.05, 0.1) is 32.2 Å².